The molecule has 3 heteroatoms. The molecule has 10 heavy (non-hydrogen) atoms. The third-order valence-electron chi connectivity index (χ3n) is 0.977. The van der Waals surface area contributed by atoms with Crippen molar-refractivity contribution in [1.82, 2.24) is 0 Å². The van der Waals surface area contributed by atoms with E-state index in [4.69, 9.17) is 14.2 Å². The molecule has 58 valence electrons. The van der Waals surface area contributed by atoms with E-state index in [9.17, 15) is 0 Å². The highest BCUT2D eigenvalue weighted by Crippen LogP contribution is 2.06. The zero-order valence-corrected chi connectivity index (χ0v) is 6.51. The highest BCUT2D eigenvalue weighted by molar-refractivity contribution is 5.09. The lowest BCUT2D eigenvalue weighted by molar-refractivity contribution is 0.0725. The highest BCUT2D eigenvalue weighted by Gasteiger charge is 2.02. The summed E-state index contributed by atoms with van der Waals surface area (Å²) in [4.78, 5) is 0. The van der Waals surface area contributed by atoms with Crippen LogP contribution in [0.1, 0.15) is 0 Å². The van der Waals surface area contributed by atoms with Crippen molar-refractivity contribution in [2.75, 3.05) is 21.3 Å². The molecule has 0 bridgehead atoms. The van der Waals surface area contributed by atoms with Crippen LogP contribution in [0.4, 0.5) is 0 Å². The van der Waals surface area contributed by atoms with Gasteiger partial charge in [0.1, 0.15) is 0 Å². The van der Waals surface area contributed by atoms with Gasteiger partial charge in [0, 0.05) is 0 Å². The highest BCUT2D eigenvalue weighted by atomic mass is 16.7. The van der Waals surface area contributed by atoms with E-state index in [1.54, 1.807) is 0 Å². The quantitative estimate of drug-likeness (QED) is 0.439. The van der Waals surface area contributed by atoms with Gasteiger partial charge < -0.3 is 14.2 Å². The second-order valence-corrected chi connectivity index (χ2v) is 1.47. The maximum atomic E-state index is 4.85. The molecule has 0 heterocycles. The lowest BCUT2D eigenvalue weighted by Gasteiger charge is -2.06. The molecule has 0 unspecified atom stereocenters. The standard InChI is InChI=1S/C7H12O3/c1-5-6(8-2)7(9-3)10-4/h5H,1H2,2-4H3. The van der Waals surface area contributed by atoms with E-state index in [2.05, 4.69) is 6.58 Å². The van der Waals surface area contributed by atoms with Gasteiger partial charge in [-0.25, -0.2) is 0 Å². The Labute approximate surface area is 60.9 Å². The summed E-state index contributed by atoms with van der Waals surface area (Å²) < 4.78 is 14.5. The number of methoxy groups -OCH3 is 3. The van der Waals surface area contributed by atoms with Crippen LogP contribution in [0.15, 0.2) is 24.4 Å². The van der Waals surface area contributed by atoms with Gasteiger partial charge in [0.25, 0.3) is 0 Å². The van der Waals surface area contributed by atoms with Gasteiger partial charge in [-0.1, -0.05) is 6.58 Å². The van der Waals surface area contributed by atoms with Crippen LogP contribution in [-0.2, 0) is 14.2 Å². The fraction of sp³-hybridized carbons (Fsp3) is 0.429. The van der Waals surface area contributed by atoms with Crippen molar-refractivity contribution in [1.29, 1.82) is 0 Å². The topological polar surface area (TPSA) is 27.7 Å². The van der Waals surface area contributed by atoms with E-state index >= 15 is 0 Å². The lowest BCUT2D eigenvalue weighted by Crippen LogP contribution is -1.96. The minimum Gasteiger partial charge on any atom is -0.490 e. The van der Waals surface area contributed by atoms with Gasteiger partial charge in [-0.05, 0) is 6.08 Å². The summed E-state index contributed by atoms with van der Waals surface area (Å²) in [5, 5.41) is 0. The summed E-state index contributed by atoms with van der Waals surface area (Å²) in [6.07, 6.45) is 1.52. The number of ether oxygens (including phenoxy) is 3. The molecule has 0 N–H and O–H groups in total. The number of hydrogen-bond donors (Lipinski definition) is 0. The average molecular weight is 144 g/mol. The molecular formula is C7H12O3. The van der Waals surface area contributed by atoms with Crippen LogP contribution in [-0.4, -0.2) is 21.3 Å². The van der Waals surface area contributed by atoms with Crippen molar-refractivity contribution >= 4 is 0 Å². The van der Waals surface area contributed by atoms with Crippen LogP contribution in [0.25, 0.3) is 0 Å². The monoisotopic (exact) mass is 144 g/mol. The molecule has 0 aliphatic rings. The van der Waals surface area contributed by atoms with Gasteiger partial charge in [0.2, 0.25) is 0 Å². The second kappa shape index (κ2) is 4.73. The molecule has 0 fully saturated rings. The average Bonchev–Trinajstić information content (AvgIpc) is 2.00. The Hall–Kier alpha value is -1.12. The molecular weight excluding hydrogens is 132 g/mol. The Bertz CT molecular complexity index is 132. The molecule has 0 saturated heterocycles. The number of rotatable bonds is 4. The minimum absolute atomic E-state index is 0.331. The summed E-state index contributed by atoms with van der Waals surface area (Å²) in [5.41, 5.74) is 0. The third kappa shape index (κ3) is 2.01. The van der Waals surface area contributed by atoms with E-state index in [-0.39, 0.29) is 0 Å². The molecule has 0 rings (SSSR count). The molecule has 0 aromatic heterocycles. The molecule has 0 aromatic rings. The van der Waals surface area contributed by atoms with Gasteiger partial charge in [-0.2, -0.15) is 0 Å². The van der Waals surface area contributed by atoms with Crippen molar-refractivity contribution in [3.05, 3.63) is 24.4 Å². The fourth-order valence-electron chi connectivity index (χ4n) is 0.535. The van der Waals surface area contributed by atoms with Crippen LogP contribution in [0.2, 0.25) is 0 Å². The zero-order valence-electron chi connectivity index (χ0n) is 6.51. The van der Waals surface area contributed by atoms with Gasteiger partial charge in [0.05, 0.1) is 21.3 Å². The Morgan fingerprint density at radius 3 is 1.70 bits per heavy atom. The van der Waals surface area contributed by atoms with Crippen LogP contribution in [0.5, 0.6) is 0 Å². The van der Waals surface area contributed by atoms with Crippen LogP contribution in [0.3, 0.4) is 0 Å². The predicted octanol–water partition coefficient (Wildman–Crippen LogP) is 1.28. The molecule has 0 aromatic carbocycles. The van der Waals surface area contributed by atoms with Crippen LogP contribution >= 0.6 is 0 Å². The van der Waals surface area contributed by atoms with E-state index in [0.29, 0.717) is 11.7 Å². The molecule has 3 nitrogen and oxygen atoms in total. The first-order valence-corrected chi connectivity index (χ1v) is 2.78. The minimum atomic E-state index is 0.331. The zero-order chi connectivity index (χ0) is 7.98. The van der Waals surface area contributed by atoms with Gasteiger partial charge in [-0.3, -0.25) is 0 Å². The second-order valence-electron chi connectivity index (χ2n) is 1.47. The maximum absolute atomic E-state index is 4.85. The number of allylic oxidation sites excluding steroid dienone is 1. The lowest BCUT2D eigenvalue weighted by atomic mass is 10.5. The van der Waals surface area contributed by atoms with Crippen molar-refractivity contribution in [3.8, 4) is 0 Å². The molecule has 0 atom stereocenters. The molecule has 0 aliphatic carbocycles. The Morgan fingerprint density at radius 2 is 1.60 bits per heavy atom. The normalized spacial score (nSPS) is 7.90. The van der Waals surface area contributed by atoms with Crippen molar-refractivity contribution < 1.29 is 14.2 Å². The van der Waals surface area contributed by atoms with E-state index in [1.165, 1.54) is 27.4 Å². The first-order chi connectivity index (χ1) is 4.79. The summed E-state index contributed by atoms with van der Waals surface area (Å²) >= 11 is 0. The summed E-state index contributed by atoms with van der Waals surface area (Å²) in [6, 6.07) is 0. The summed E-state index contributed by atoms with van der Waals surface area (Å²) in [7, 11) is 4.53. The fourth-order valence-corrected chi connectivity index (χ4v) is 0.535. The van der Waals surface area contributed by atoms with E-state index < -0.39 is 0 Å². The Balaban J connectivity index is 4.35. The molecule has 0 radical (unpaired) electrons. The van der Waals surface area contributed by atoms with Crippen molar-refractivity contribution in [2.45, 2.75) is 0 Å². The summed E-state index contributed by atoms with van der Waals surface area (Å²) in [6.45, 7) is 3.51. The van der Waals surface area contributed by atoms with E-state index in [1.807, 2.05) is 0 Å². The van der Waals surface area contributed by atoms with Gasteiger partial charge in [0.15, 0.2) is 5.76 Å². The molecule has 0 spiro atoms. The Morgan fingerprint density at radius 1 is 1.10 bits per heavy atom. The smallest absolute Gasteiger partial charge is 0.322 e. The Kier molecular flexibility index (Phi) is 4.20. The summed E-state index contributed by atoms with van der Waals surface area (Å²) in [5.74, 6) is 0.822. The van der Waals surface area contributed by atoms with Crippen LogP contribution < -0.4 is 0 Å². The maximum Gasteiger partial charge on any atom is 0.322 e. The molecule has 0 aliphatic heterocycles. The molecule has 0 saturated carbocycles. The van der Waals surface area contributed by atoms with Gasteiger partial charge in [-0.15, -0.1) is 0 Å². The number of hydrogen-bond acceptors (Lipinski definition) is 3. The third-order valence-corrected chi connectivity index (χ3v) is 0.977. The predicted molar refractivity (Wildman–Crippen MR) is 38.3 cm³/mol. The molecule has 0 amide bonds. The SMILES string of the molecule is C=CC(OC)=C(OC)OC. The largest absolute Gasteiger partial charge is 0.490 e. The first-order valence-electron chi connectivity index (χ1n) is 2.78. The van der Waals surface area contributed by atoms with Crippen molar-refractivity contribution in [3.63, 3.8) is 0 Å². The van der Waals surface area contributed by atoms with Crippen LogP contribution in [0, 0.1) is 0 Å². The van der Waals surface area contributed by atoms with Crippen molar-refractivity contribution in [2.24, 2.45) is 0 Å². The first kappa shape index (κ1) is 8.88. The van der Waals surface area contributed by atoms with Gasteiger partial charge >= 0.3 is 5.95 Å². The van der Waals surface area contributed by atoms with E-state index in [0.717, 1.165) is 0 Å².